The van der Waals surface area contributed by atoms with E-state index in [-0.39, 0.29) is 5.78 Å². The molecule has 1 aromatic heterocycles. The van der Waals surface area contributed by atoms with Crippen molar-refractivity contribution >= 4 is 40.3 Å². The van der Waals surface area contributed by atoms with E-state index in [9.17, 15) is 4.79 Å². The molecule has 2 aromatic rings. The number of carbonyl (C=O) groups excluding carboxylic acids is 1. The van der Waals surface area contributed by atoms with Crippen LogP contribution in [0, 0.1) is 11.3 Å². The molecule has 0 aliphatic carbocycles. The number of thiophene rings is 1. The van der Waals surface area contributed by atoms with Crippen molar-refractivity contribution in [3.63, 3.8) is 0 Å². The van der Waals surface area contributed by atoms with E-state index in [2.05, 4.69) is 0 Å². The Morgan fingerprint density at radius 2 is 1.83 bits per heavy atom. The Morgan fingerprint density at radius 1 is 1.17 bits per heavy atom. The third-order valence-corrected chi connectivity index (χ3v) is 3.91. The monoisotopic (exact) mass is 295 g/mol. The second-order valence-corrected chi connectivity index (χ2v) is 5.73. The molecule has 0 saturated carbocycles. The topological polar surface area (TPSA) is 40.9 Å². The smallest absolute Gasteiger partial charge is 0.194 e. The molecule has 0 spiro atoms. The van der Waals surface area contributed by atoms with E-state index >= 15 is 0 Å². The highest BCUT2D eigenvalue weighted by Crippen LogP contribution is 2.28. The summed E-state index contributed by atoms with van der Waals surface area (Å²) < 4.78 is 0.533. The lowest BCUT2D eigenvalue weighted by atomic mass is 9.95. The SMILES string of the molecule is N#CC(C(=O)c1ccc(Cl)s1)c1ccc(Cl)cc1. The fourth-order valence-corrected chi connectivity index (χ4v) is 2.67. The first-order valence-electron chi connectivity index (χ1n) is 5.06. The van der Waals surface area contributed by atoms with Gasteiger partial charge in [0.25, 0.3) is 0 Å². The highest BCUT2D eigenvalue weighted by Gasteiger charge is 2.23. The molecule has 0 amide bonds. The Balaban J connectivity index is 2.32. The molecule has 1 heterocycles. The normalized spacial score (nSPS) is 11.8. The Bertz CT molecular complexity index is 613. The highest BCUT2D eigenvalue weighted by molar-refractivity contribution is 7.18. The molecule has 1 aromatic carbocycles. The van der Waals surface area contributed by atoms with Gasteiger partial charge in [-0.15, -0.1) is 11.3 Å². The number of benzene rings is 1. The molecule has 0 fully saturated rings. The number of nitriles is 1. The second-order valence-electron chi connectivity index (χ2n) is 3.58. The Morgan fingerprint density at radius 3 is 2.33 bits per heavy atom. The maximum Gasteiger partial charge on any atom is 0.194 e. The van der Waals surface area contributed by atoms with Crippen molar-refractivity contribution in [3.05, 3.63) is 56.2 Å². The molecular formula is C13H7Cl2NOS. The van der Waals surface area contributed by atoms with E-state index in [0.29, 0.717) is 19.8 Å². The first-order valence-corrected chi connectivity index (χ1v) is 6.63. The van der Waals surface area contributed by atoms with Crippen LogP contribution in [0.1, 0.15) is 21.2 Å². The maximum absolute atomic E-state index is 12.2. The van der Waals surface area contributed by atoms with E-state index in [1.165, 1.54) is 11.3 Å². The van der Waals surface area contributed by atoms with Gasteiger partial charge in [-0.1, -0.05) is 35.3 Å². The summed E-state index contributed by atoms with van der Waals surface area (Å²) in [4.78, 5) is 12.7. The van der Waals surface area contributed by atoms with Crippen LogP contribution in [-0.4, -0.2) is 5.78 Å². The molecule has 2 rings (SSSR count). The van der Waals surface area contributed by atoms with Gasteiger partial charge in [-0.05, 0) is 29.8 Å². The van der Waals surface area contributed by atoms with Crippen molar-refractivity contribution in [2.24, 2.45) is 0 Å². The van der Waals surface area contributed by atoms with Crippen LogP contribution in [0.5, 0.6) is 0 Å². The first kappa shape index (κ1) is 13.1. The molecular weight excluding hydrogens is 289 g/mol. The number of nitrogens with zero attached hydrogens (tertiary/aromatic N) is 1. The zero-order valence-corrected chi connectivity index (χ0v) is 11.4. The molecule has 0 aliphatic rings. The van der Waals surface area contributed by atoms with Gasteiger partial charge in [0.1, 0.15) is 5.92 Å². The lowest BCUT2D eigenvalue weighted by Crippen LogP contribution is -2.09. The van der Waals surface area contributed by atoms with Gasteiger partial charge >= 0.3 is 0 Å². The third kappa shape index (κ3) is 2.73. The predicted molar refractivity (Wildman–Crippen MR) is 73.5 cm³/mol. The Labute approximate surface area is 118 Å². The van der Waals surface area contributed by atoms with E-state index in [0.717, 1.165) is 0 Å². The zero-order valence-electron chi connectivity index (χ0n) is 9.06. The number of hydrogen-bond donors (Lipinski definition) is 0. The van der Waals surface area contributed by atoms with E-state index in [4.69, 9.17) is 28.5 Å². The summed E-state index contributed by atoms with van der Waals surface area (Å²) >= 11 is 12.7. The number of halogens is 2. The molecule has 0 N–H and O–H groups in total. The third-order valence-electron chi connectivity index (χ3n) is 2.41. The molecule has 0 aliphatic heterocycles. The number of ketones is 1. The van der Waals surface area contributed by atoms with Crippen LogP contribution in [-0.2, 0) is 0 Å². The van der Waals surface area contributed by atoms with Crippen molar-refractivity contribution in [1.29, 1.82) is 5.26 Å². The minimum absolute atomic E-state index is 0.239. The maximum atomic E-state index is 12.2. The van der Waals surface area contributed by atoms with Crippen molar-refractivity contribution in [2.75, 3.05) is 0 Å². The number of Topliss-reactive ketones (excluding diaryl/α,β-unsaturated/α-hetero) is 1. The fraction of sp³-hybridized carbons (Fsp3) is 0.0769. The van der Waals surface area contributed by atoms with Gasteiger partial charge in [-0.2, -0.15) is 5.26 Å². The first-order chi connectivity index (χ1) is 8.61. The van der Waals surface area contributed by atoms with Crippen molar-refractivity contribution in [1.82, 2.24) is 0 Å². The summed E-state index contributed by atoms with van der Waals surface area (Å²) in [5.74, 6) is -1.06. The average molecular weight is 296 g/mol. The largest absolute Gasteiger partial charge is 0.291 e. The van der Waals surface area contributed by atoms with Gasteiger partial charge < -0.3 is 0 Å². The van der Waals surface area contributed by atoms with Gasteiger partial charge in [0.2, 0.25) is 0 Å². The molecule has 0 bridgehead atoms. The Hall–Kier alpha value is -1.34. The standard InChI is InChI=1S/C13H7Cl2NOS/c14-9-3-1-8(2-4-9)10(7-16)13(17)11-5-6-12(15)18-11/h1-6,10H. The summed E-state index contributed by atoms with van der Waals surface area (Å²) in [6.07, 6.45) is 0. The minimum atomic E-state index is -0.822. The zero-order chi connectivity index (χ0) is 13.1. The summed E-state index contributed by atoms with van der Waals surface area (Å²) in [7, 11) is 0. The molecule has 2 nitrogen and oxygen atoms in total. The molecule has 90 valence electrons. The van der Waals surface area contributed by atoms with Crippen LogP contribution < -0.4 is 0 Å². The van der Waals surface area contributed by atoms with E-state index < -0.39 is 5.92 Å². The lowest BCUT2D eigenvalue weighted by molar-refractivity contribution is 0.0983. The van der Waals surface area contributed by atoms with Crippen LogP contribution in [0.2, 0.25) is 9.36 Å². The summed E-state index contributed by atoms with van der Waals surface area (Å²) in [6, 6.07) is 12.0. The van der Waals surface area contributed by atoms with Gasteiger partial charge in [0.15, 0.2) is 5.78 Å². The van der Waals surface area contributed by atoms with Gasteiger partial charge in [0, 0.05) is 5.02 Å². The predicted octanol–water partition coefficient (Wildman–Crippen LogP) is 4.54. The molecule has 5 heteroatoms. The van der Waals surface area contributed by atoms with Gasteiger partial charge in [0.05, 0.1) is 15.3 Å². The van der Waals surface area contributed by atoms with Crippen LogP contribution in [0.25, 0.3) is 0 Å². The number of carbonyl (C=O) groups is 1. The number of hydrogen-bond acceptors (Lipinski definition) is 3. The molecule has 18 heavy (non-hydrogen) atoms. The quantitative estimate of drug-likeness (QED) is 0.780. The molecule has 1 unspecified atom stereocenters. The molecule has 0 saturated heterocycles. The van der Waals surface area contributed by atoms with Crippen molar-refractivity contribution in [2.45, 2.75) is 5.92 Å². The van der Waals surface area contributed by atoms with E-state index in [1.807, 2.05) is 6.07 Å². The number of rotatable bonds is 3. The van der Waals surface area contributed by atoms with Crippen LogP contribution in [0.3, 0.4) is 0 Å². The van der Waals surface area contributed by atoms with Gasteiger partial charge in [-0.3, -0.25) is 4.79 Å². The van der Waals surface area contributed by atoms with Crippen LogP contribution in [0.4, 0.5) is 0 Å². The van der Waals surface area contributed by atoms with Crippen molar-refractivity contribution < 1.29 is 4.79 Å². The minimum Gasteiger partial charge on any atom is -0.291 e. The highest BCUT2D eigenvalue weighted by atomic mass is 35.5. The van der Waals surface area contributed by atoms with Crippen LogP contribution in [0.15, 0.2) is 36.4 Å². The summed E-state index contributed by atoms with van der Waals surface area (Å²) in [5, 5.41) is 9.73. The van der Waals surface area contributed by atoms with Crippen LogP contribution >= 0.6 is 34.5 Å². The fourth-order valence-electron chi connectivity index (χ4n) is 1.53. The average Bonchev–Trinajstić information content (AvgIpc) is 2.79. The molecule has 0 radical (unpaired) electrons. The van der Waals surface area contributed by atoms with E-state index in [1.54, 1.807) is 36.4 Å². The summed E-state index contributed by atoms with van der Waals surface area (Å²) in [5.41, 5.74) is 0.636. The van der Waals surface area contributed by atoms with Gasteiger partial charge in [-0.25, -0.2) is 0 Å². The lowest BCUT2D eigenvalue weighted by Gasteiger charge is -2.06. The Kier molecular flexibility index (Phi) is 4.03. The van der Waals surface area contributed by atoms with Crippen molar-refractivity contribution in [3.8, 4) is 6.07 Å². The summed E-state index contributed by atoms with van der Waals surface area (Å²) in [6.45, 7) is 0. The second kappa shape index (κ2) is 5.53. The molecule has 1 atom stereocenters.